The molecule has 0 fully saturated rings. The molecule has 6 heteroatoms. The van der Waals surface area contributed by atoms with Crippen LogP contribution >= 0.6 is 22.6 Å². The lowest BCUT2D eigenvalue weighted by Crippen LogP contribution is -2.15. The molecule has 0 saturated heterocycles. The maximum Gasteiger partial charge on any atom is 0.366 e. The van der Waals surface area contributed by atoms with Gasteiger partial charge in [-0.25, -0.2) is 4.79 Å². The van der Waals surface area contributed by atoms with Gasteiger partial charge in [-0.05, 0) is 46.9 Å². The second kappa shape index (κ2) is 6.28. The Bertz CT molecular complexity index is 614. The van der Waals surface area contributed by atoms with Gasteiger partial charge in [-0.2, -0.15) is 0 Å². The van der Waals surface area contributed by atoms with Gasteiger partial charge in [-0.15, -0.1) is 0 Å². The third-order valence-corrected chi connectivity index (χ3v) is 3.24. The first-order valence-electron chi connectivity index (χ1n) is 5.38. The molecule has 1 aromatic carbocycles. The van der Waals surface area contributed by atoms with Crippen LogP contribution in [0.15, 0.2) is 53.9 Å². The molecule has 2 N–H and O–H groups in total. The topological polar surface area (TPSA) is 77.6 Å². The van der Waals surface area contributed by atoms with E-state index in [1.54, 1.807) is 36.7 Å². The number of carbonyl (C=O) groups excluding carboxylic acids is 1. The Balaban J connectivity index is 2.11. The molecule has 0 aliphatic carbocycles. The molecule has 5 nitrogen and oxygen atoms in total. The highest BCUT2D eigenvalue weighted by Gasteiger charge is 2.11. The first-order chi connectivity index (χ1) is 9.18. The van der Waals surface area contributed by atoms with E-state index in [4.69, 9.17) is 10.6 Å². The average Bonchev–Trinajstić information content (AvgIpc) is 2.46. The Labute approximate surface area is 123 Å². The van der Waals surface area contributed by atoms with Crippen molar-refractivity contribution < 1.29 is 9.63 Å². The van der Waals surface area contributed by atoms with E-state index < -0.39 is 5.97 Å². The number of nitrogens with zero attached hydrogens (tertiary/aromatic N) is 2. The van der Waals surface area contributed by atoms with E-state index in [-0.39, 0.29) is 5.84 Å². The summed E-state index contributed by atoms with van der Waals surface area (Å²) in [4.78, 5) is 20.5. The van der Waals surface area contributed by atoms with Crippen molar-refractivity contribution in [3.05, 3.63) is 63.5 Å². The number of rotatable bonds is 3. The van der Waals surface area contributed by atoms with Crippen molar-refractivity contribution in [2.75, 3.05) is 0 Å². The van der Waals surface area contributed by atoms with Gasteiger partial charge in [0, 0.05) is 21.5 Å². The molecule has 0 unspecified atom stereocenters. The zero-order chi connectivity index (χ0) is 13.7. The quantitative estimate of drug-likeness (QED) is 0.297. The zero-order valence-electron chi connectivity index (χ0n) is 9.79. The number of aromatic nitrogens is 1. The molecule has 0 radical (unpaired) electrons. The number of carbonyl (C=O) groups is 1. The van der Waals surface area contributed by atoms with Gasteiger partial charge < -0.3 is 10.6 Å². The fourth-order valence-electron chi connectivity index (χ4n) is 1.34. The maximum absolute atomic E-state index is 11.8. The van der Waals surface area contributed by atoms with Gasteiger partial charge >= 0.3 is 5.97 Å². The van der Waals surface area contributed by atoms with Crippen molar-refractivity contribution in [3.8, 4) is 0 Å². The van der Waals surface area contributed by atoms with Gasteiger partial charge in [-0.3, -0.25) is 4.98 Å². The summed E-state index contributed by atoms with van der Waals surface area (Å²) < 4.78 is 0.794. The summed E-state index contributed by atoms with van der Waals surface area (Å²) in [7, 11) is 0. The van der Waals surface area contributed by atoms with Crippen LogP contribution in [-0.2, 0) is 4.84 Å². The van der Waals surface area contributed by atoms with Crippen molar-refractivity contribution in [3.63, 3.8) is 0 Å². The standard InChI is InChI=1S/C13H10IN3O2/c14-11-4-2-1-3-10(11)13(18)19-17-12(15)9-5-7-16-8-6-9/h1-8H,(H2,15,17). The van der Waals surface area contributed by atoms with Gasteiger partial charge in [0.1, 0.15) is 0 Å². The summed E-state index contributed by atoms with van der Waals surface area (Å²) in [5, 5.41) is 3.63. The fourth-order valence-corrected chi connectivity index (χ4v) is 1.95. The van der Waals surface area contributed by atoms with E-state index >= 15 is 0 Å². The fraction of sp³-hybridized carbons (Fsp3) is 0. The molecule has 0 saturated carbocycles. The van der Waals surface area contributed by atoms with Gasteiger partial charge in [0.15, 0.2) is 5.84 Å². The first kappa shape index (κ1) is 13.5. The zero-order valence-corrected chi connectivity index (χ0v) is 11.9. The molecule has 0 spiro atoms. The maximum atomic E-state index is 11.8. The van der Waals surface area contributed by atoms with Crippen LogP contribution in [0.25, 0.3) is 0 Å². The van der Waals surface area contributed by atoms with E-state index in [1.807, 2.05) is 12.1 Å². The molecule has 0 amide bonds. The monoisotopic (exact) mass is 367 g/mol. The molecule has 2 rings (SSSR count). The molecule has 0 atom stereocenters. The van der Waals surface area contributed by atoms with Crippen molar-refractivity contribution in [1.82, 2.24) is 4.98 Å². The van der Waals surface area contributed by atoms with E-state index in [9.17, 15) is 4.79 Å². The number of pyridine rings is 1. The third-order valence-electron chi connectivity index (χ3n) is 2.30. The van der Waals surface area contributed by atoms with Crippen LogP contribution < -0.4 is 5.73 Å². The summed E-state index contributed by atoms with van der Waals surface area (Å²) >= 11 is 2.06. The smallest absolute Gasteiger partial charge is 0.366 e. The van der Waals surface area contributed by atoms with Crippen LogP contribution in [0.4, 0.5) is 0 Å². The molecule has 1 aromatic heterocycles. The van der Waals surface area contributed by atoms with Gasteiger partial charge in [0.25, 0.3) is 0 Å². The summed E-state index contributed by atoms with van der Waals surface area (Å²) in [6.45, 7) is 0. The summed E-state index contributed by atoms with van der Waals surface area (Å²) in [6, 6.07) is 10.4. The molecular weight excluding hydrogens is 357 g/mol. The van der Waals surface area contributed by atoms with E-state index in [2.05, 4.69) is 32.7 Å². The molecule has 2 aromatic rings. The predicted molar refractivity (Wildman–Crippen MR) is 79.5 cm³/mol. The molecule has 19 heavy (non-hydrogen) atoms. The normalized spacial score (nSPS) is 11.1. The Hall–Kier alpha value is -1.96. The highest BCUT2D eigenvalue weighted by Crippen LogP contribution is 2.12. The SMILES string of the molecule is NC(=NOC(=O)c1ccccc1I)c1ccncc1. The third kappa shape index (κ3) is 3.50. The molecular formula is C13H10IN3O2. The van der Waals surface area contributed by atoms with Crippen LogP contribution in [-0.4, -0.2) is 16.8 Å². The highest BCUT2D eigenvalue weighted by atomic mass is 127. The van der Waals surface area contributed by atoms with Gasteiger partial charge in [0.05, 0.1) is 5.56 Å². The molecule has 96 valence electrons. The van der Waals surface area contributed by atoms with Crippen molar-refractivity contribution in [1.29, 1.82) is 0 Å². The van der Waals surface area contributed by atoms with E-state index in [0.29, 0.717) is 11.1 Å². The van der Waals surface area contributed by atoms with E-state index in [0.717, 1.165) is 3.57 Å². The molecule has 0 aliphatic rings. The Morgan fingerprint density at radius 3 is 2.58 bits per heavy atom. The highest BCUT2D eigenvalue weighted by molar-refractivity contribution is 14.1. The average molecular weight is 367 g/mol. The largest absolute Gasteiger partial charge is 0.380 e. The Morgan fingerprint density at radius 2 is 1.89 bits per heavy atom. The van der Waals surface area contributed by atoms with E-state index in [1.165, 1.54) is 0 Å². The number of oxime groups is 1. The van der Waals surface area contributed by atoms with Crippen LogP contribution in [0.3, 0.4) is 0 Å². The summed E-state index contributed by atoms with van der Waals surface area (Å²) in [5.41, 5.74) is 6.80. The van der Waals surface area contributed by atoms with Crippen LogP contribution in [0.2, 0.25) is 0 Å². The van der Waals surface area contributed by atoms with Crippen LogP contribution in [0.1, 0.15) is 15.9 Å². The Morgan fingerprint density at radius 1 is 1.21 bits per heavy atom. The van der Waals surface area contributed by atoms with Crippen molar-refractivity contribution in [2.45, 2.75) is 0 Å². The predicted octanol–water partition coefficient (Wildman–Crippen LogP) is 2.16. The summed E-state index contributed by atoms with van der Waals surface area (Å²) in [6.07, 6.45) is 3.17. The van der Waals surface area contributed by atoms with Crippen LogP contribution in [0.5, 0.6) is 0 Å². The Kier molecular flexibility index (Phi) is 4.45. The lowest BCUT2D eigenvalue weighted by Gasteiger charge is -2.02. The summed E-state index contributed by atoms with van der Waals surface area (Å²) in [5.74, 6) is -0.413. The van der Waals surface area contributed by atoms with Crippen molar-refractivity contribution >= 4 is 34.4 Å². The second-order valence-corrected chi connectivity index (χ2v) is 4.73. The number of hydrogen-bond acceptors (Lipinski definition) is 4. The van der Waals surface area contributed by atoms with Gasteiger partial charge in [-0.1, -0.05) is 17.3 Å². The minimum atomic E-state index is -0.540. The number of nitrogens with two attached hydrogens (primary N) is 1. The number of amidine groups is 1. The number of hydrogen-bond donors (Lipinski definition) is 1. The second-order valence-electron chi connectivity index (χ2n) is 3.57. The van der Waals surface area contributed by atoms with Crippen LogP contribution in [0, 0.1) is 3.57 Å². The number of halogens is 1. The first-order valence-corrected chi connectivity index (χ1v) is 6.46. The lowest BCUT2D eigenvalue weighted by molar-refractivity contribution is 0.0515. The van der Waals surface area contributed by atoms with Gasteiger partial charge in [0.2, 0.25) is 0 Å². The number of benzene rings is 1. The minimum Gasteiger partial charge on any atom is -0.380 e. The molecule has 1 heterocycles. The minimum absolute atomic E-state index is 0.127. The molecule has 0 bridgehead atoms. The van der Waals surface area contributed by atoms with Crippen molar-refractivity contribution in [2.24, 2.45) is 10.9 Å². The lowest BCUT2D eigenvalue weighted by atomic mass is 10.2. The molecule has 0 aliphatic heterocycles.